The van der Waals surface area contributed by atoms with Gasteiger partial charge in [-0.05, 0) is 36.1 Å². The van der Waals surface area contributed by atoms with Gasteiger partial charge in [0.25, 0.3) is 0 Å². The number of thioether (sulfide) groups is 1. The van der Waals surface area contributed by atoms with E-state index in [9.17, 15) is 14.0 Å². The number of benzene rings is 3. The van der Waals surface area contributed by atoms with Crippen LogP contribution in [0.5, 0.6) is 0 Å². The largest absolute Gasteiger partial charge is 0.354 e. The first-order valence-corrected chi connectivity index (χ1v) is 13.9. The lowest BCUT2D eigenvalue weighted by atomic mass is 10.0. The molecule has 0 bridgehead atoms. The molecular formula is C30H34ClFN2O2S. The van der Waals surface area contributed by atoms with Crippen molar-refractivity contribution in [1.82, 2.24) is 10.2 Å². The topological polar surface area (TPSA) is 49.4 Å². The third-order valence-corrected chi connectivity index (χ3v) is 7.26. The number of carbonyl (C=O) groups is 2. The molecular weight excluding hydrogens is 507 g/mol. The standard InChI is InChI=1S/C30H34ClFN2O2S/c1-21(2)17-33-30(36)28(16-23-8-5-4-6-9-23)34(18-24-14-12-22(3)13-15-24)29(35)20-37-19-25-26(31)10-7-11-27(25)32/h4-15,21,28H,16-20H2,1-3H3,(H,33,36). The molecule has 0 radical (unpaired) electrons. The third-order valence-electron chi connectivity index (χ3n) is 5.96. The number of hydrogen-bond acceptors (Lipinski definition) is 3. The summed E-state index contributed by atoms with van der Waals surface area (Å²) in [4.78, 5) is 28.8. The molecule has 3 aromatic carbocycles. The van der Waals surface area contributed by atoms with Crippen LogP contribution in [-0.4, -0.2) is 35.1 Å². The molecule has 196 valence electrons. The van der Waals surface area contributed by atoms with E-state index in [-0.39, 0.29) is 35.1 Å². The number of rotatable bonds is 12. The quantitative estimate of drug-likeness (QED) is 0.288. The molecule has 0 aliphatic carbocycles. The second-order valence-electron chi connectivity index (χ2n) is 9.54. The summed E-state index contributed by atoms with van der Waals surface area (Å²) in [7, 11) is 0. The van der Waals surface area contributed by atoms with Crippen molar-refractivity contribution in [2.24, 2.45) is 5.92 Å². The SMILES string of the molecule is Cc1ccc(CN(C(=O)CSCc2c(F)cccc2Cl)C(Cc2ccccc2)C(=O)NCC(C)C)cc1. The summed E-state index contributed by atoms with van der Waals surface area (Å²) in [5.74, 6) is -0.112. The van der Waals surface area contributed by atoms with Gasteiger partial charge in [-0.15, -0.1) is 11.8 Å². The van der Waals surface area contributed by atoms with Crippen molar-refractivity contribution < 1.29 is 14.0 Å². The van der Waals surface area contributed by atoms with Gasteiger partial charge in [0.15, 0.2) is 0 Å². The molecule has 0 spiro atoms. The minimum Gasteiger partial charge on any atom is -0.354 e. The predicted octanol–water partition coefficient (Wildman–Crippen LogP) is 6.43. The maximum Gasteiger partial charge on any atom is 0.243 e. The van der Waals surface area contributed by atoms with E-state index in [1.807, 2.05) is 75.4 Å². The molecule has 0 saturated carbocycles. The molecule has 1 N–H and O–H groups in total. The first kappa shape index (κ1) is 28.7. The van der Waals surface area contributed by atoms with Gasteiger partial charge in [0, 0.05) is 35.8 Å². The fourth-order valence-electron chi connectivity index (χ4n) is 3.86. The van der Waals surface area contributed by atoms with Gasteiger partial charge < -0.3 is 10.2 Å². The van der Waals surface area contributed by atoms with Gasteiger partial charge in [-0.25, -0.2) is 4.39 Å². The summed E-state index contributed by atoms with van der Waals surface area (Å²) >= 11 is 7.46. The van der Waals surface area contributed by atoms with Gasteiger partial charge in [0.05, 0.1) is 5.75 Å². The van der Waals surface area contributed by atoms with Crippen LogP contribution in [0, 0.1) is 18.7 Å². The molecule has 3 rings (SSSR count). The van der Waals surface area contributed by atoms with Gasteiger partial charge >= 0.3 is 0 Å². The molecule has 0 fully saturated rings. The van der Waals surface area contributed by atoms with Crippen LogP contribution >= 0.6 is 23.4 Å². The zero-order valence-corrected chi connectivity index (χ0v) is 23.1. The molecule has 1 atom stereocenters. The Hall–Kier alpha value is -2.83. The van der Waals surface area contributed by atoms with Gasteiger partial charge in [-0.2, -0.15) is 0 Å². The van der Waals surface area contributed by atoms with Crippen molar-refractivity contribution >= 4 is 35.2 Å². The van der Waals surface area contributed by atoms with Crippen molar-refractivity contribution in [3.05, 3.63) is 106 Å². The minimum absolute atomic E-state index is 0.0965. The summed E-state index contributed by atoms with van der Waals surface area (Å²) in [5, 5.41) is 3.36. The Morgan fingerprint density at radius 3 is 2.32 bits per heavy atom. The van der Waals surface area contributed by atoms with Gasteiger partial charge in [0.1, 0.15) is 11.9 Å². The van der Waals surface area contributed by atoms with E-state index in [2.05, 4.69) is 5.32 Å². The second-order valence-corrected chi connectivity index (χ2v) is 10.9. The number of nitrogens with zero attached hydrogens (tertiary/aromatic N) is 1. The molecule has 0 aliphatic heterocycles. The average molecular weight is 541 g/mol. The molecule has 0 aliphatic rings. The maximum absolute atomic E-state index is 14.2. The molecule has 7 heteroatoms. The zero-order valence-electron chi connectivity index (χ0n) is 21.5. The fraction of sp³-hybridized carbons (Fsp3) is 0.333. The number of carbonyl (C=O) groups excluding carboxylic acids is 2. The normalized spacial score (nSPS) is 11.8. The molecule has 1 unspecified atom stereocenters. The highest BCUT2D eigenvalue weighted by Gasteiger charge is 2.30. The smallest absolute Gasteiger partial charge is 0.243 e. The Bertz CT molecular complexity index is 1150. The van der Waals surface area contributed by atoms with Crippen molar-refractivity contribution in [2.45, 2.75) is 45.5 Å². The lowest BCUT2D eigenvalue weighted by molar-refractivity contribution is -0.139. The Balaban J connectivity index is 1.85. The summed E-state index contributed by atoms with van der Waals surface area (Å²) < 4.78 is 14.2. The molecule has 0 heterocycles. The summed E-state index contributed by atoms with van der Waals surface area (Å²) in [6.45, 7) is 6.90. The molecule has 2 amide bonds. The van der Waals surface area contributed by atoms with Crippen molar-refractivity contribution in [2.75, 3.05) is 12.3 Å². The van der Waals surface area contributed by atoms with E-state index < -0.39 is 6.04 Å². The van der Waals surface area contributed by atoms with Gasteiger partial charge in [0.2, 0.25) is 11.8 Å². The highest BCUT2D eigenvalue weighted by atomic mass is 35.5. The lowest BCUT2D eigenvalue weighted by Gasteiger charge is -2.32. The van der Waals surface area contributed by atoms with E-state index >= 15 is 0 Å². The van der Waals surface area contributed by atoms with E-state index in [4.69, 9.17) is 11.6 Å². The van der Waals surface area contributed by atoms with Crippen LogP contribution in [-0.2, 0) is 28.3 Å². The minimum atomic E-state index is -0.687. The van der Waals surface area contributed by atoms with Crippen LogP contribution in [0.2, 0.25) is 5.02 Å². The van der Waals surface area contributed by atoms with E-state index in [0.717, 1.165) is 16.7 Å². The molecule has 0 saturated heterocycles. The van der Waals surface area contributed by atoms with Crippen molar-refractivity contribution in [3.63, 3.8) is 0 Å². The van der Waals surface area contributed by atoms with Crippen LogP contribution < -0.4 is 5.32 Å². The highest BCUT2D eigenvalue weighted by molar-refractivity contribution is 7.99. The van der Waals surface area contributed by atoms with Crippen molar-refractivity contribution in [1.29, 1.82) is 0 Å². The van der Waals surface area contributed by atoms with Crippen LogP contribution in [0.4, 0.5) is 4.39 Å². The Morgan fingerprint density at radius 1 is 0.973 bits per heavy atom. The predicted molar refractivity (Wildman–Crippen MR) is 151 cm³/mol. The zero-order chi connectivity index (χ0) is 26.8. The van der Waals surface area contributed by atoms with Crippen LogP contribution in [0.1, 0.15) is 36.1 Å². The molecule has 4 nitrogen and oxygen atoms in total. The third kappa shape index (κ3) is 8.90. The van der Waals surface area contributed by atoms with E-state index in [1.165, 1.54) is 17.8 Å². The first-order valence-electron chi connectivity index (χ1n) is 12.4. The van der Waals surface area contributed by atoms with E-state index in [1.54, 1.807) is 17.0 Å². The monoisotopic (exact) mass is 540 g/mol. The van der Waals surface area contributed by atoms with Gasteiger partial charge in [-0.3, -0.25) is 9.59 Å². The Morgan fingerprint density at radius 2 is 1.68 bits per heavy atom. The Labute approximate surface area is 228 Å². The average Bonchev–Trinajstić information content (AvgIpc) is 2.88. The van der Waals surface area contributed by atoms with Crippen LogP contribution in [0.3, 0.4) is 0 Å². The molecule has 0 aromatic heterocycles. The number of hydrogen-bond donors (Lipinski definition) is 1. The van der Waals surface area contributed by atoms with Crippen LogP contribution in [0.15, 0.2) is 72.8 Å². The number of amides is 2. The van der Waals surface area contributed by atoms with Gasteiger partial charge in [-0.1, -0.05) is 91.7 Å². The number of aryl methyl sites for hydroxylation is 1. The number of nitrogens with one attached hydrogen (secondary N) is 1. The lowest BCUT2D eigenvalue weighted by Crippen LogP contribution is -2.51. The summed E-state index contributed by atoms with van der Waals surface area (Å²) in [5.41, 5.74) is 3.41. The highest BCUT2D eigenvalue weighted by Crippen LogP contribution is 2.25. The van der Waals surface area contributed by atoms with Crippen molar-refractivity contribution in [3.8, 4) is 0 Å². The Kier molecular flexibility index (Phi) is 11.0. The maximum atomic E-state index is 14.2. The first-order chi connectivity index (χ1) is 17.7. The summed E-state index contributed by atoms with van der Waals surface area (Å²) in [6.07, 6.45) is 0.395. The van der Waals surface area contributed by atoms with E-state index in [0.29, 0.717) is 30.1 Å². The second kappa shape index (κ2) is 14.2. The molecule has 37 heavy (non-hydrogen) atoms. The van der Waals surface area contributed by atoms with Crippen LogP contribution in [0.25, 0.3) is 0 Å². The summed E-state index contributed by atoms with van der Waals surface area (Å²) in [6, 6.07) is 21.5. The molecule has 3 aromatic rings. The number of halogens is 2. The fourth-order valence-corrected chi connectivity index (χ4v) is 5.11.